The number of unbranched alkanes of at least 4 members (excludes halogenated alkanes) is 1. The highest BCUT2D eigenvalue weighted by molar-refractivity contribution is 5.75. The fourth-order valence-corrected chi connectivity index (χ4v) is 4.61. The molecule has 0 aliphatic heterocycles. The molecule has 0 aromatic rings. The van der Waals surface area contributed by atoms with Crippen molar-refractivity contribution >= 4 is 5.91 Å². The monoisotopic (exact) mass is 387 g/mol. The molecule has 0 saturated heterocycles. The van der Waals surface area contributed by atoms with E-state index < -0.39 is 6.10 Å². The average Bonchev–Trinajstić information content (AvgIpc) is 3.18. The lowest BCUT2D eigenvalue weighted by Gasteiger charge is -2.19. The molecule has 3 N–H and O–H groups in total. The van der Waals surface area contributed by atoms with Gasteiger partial charge in [-0.3, -0.25) is 4.79 Å². The van der Waals surface area contributed by atoms with Crippen LogP contribution in [0.1, 0.15) is 65.7 Å². The molecule has 1 amide bonds. The Labute approximate surface area is 170 Å². The van der Waals surface area contributed by atoms with E-state index >= 15 is 0 Å². The van der Waals surface area contributed by atoms with Gasteiger partial charge in [0.15, 0.2) is 0 Å². The van der Waals surface area contributed by atoms with E-state index in [1.165, 1.54) is 5.57 Å². The van der Waals surface area contributed by atoms with Crippen molar-refractivity contribution in [2.75, 3.05) is 6.54 Å². The van der Waals surface area contributed by atoms with E-state index in [1.807, 2.05) is 32.9 Å². The molecular weight excluding hydrogens is 350 g/mol. The van der Waals surface area contributed by atoms with Gasteiger partial charge in [-0.1, -0.05) is 30.7 Å². The first-order valence-corrected chi connectivity index (χ1v) is 10.8. The van der Waals surface area contributed by atoms with E-state index in [0.717, 1.165) is 32.1 Å². The summed E-state index contributed by atoms with van der Waals surface area (Å²) in [5.74, 6) is 7.27. The highest BCUT2D eigenvalue weighted by Crippen LogP contribution is 2.50. The van der Waals surface area contributed by atoms with Crippen LogP contribution in [0.2, 0.25) is 0 Å². The van der Waals surface area contributed by atoms with Gasteiger partial charge in [-0.25, -0.2) is 0 Å². The molecule has 28 heavy (non-hydrogen) atoms. The topological polar surface area (TPSA) is 69.6 Å². The Morgan fingerprint density at radius 3 is 2.89 bits per heavy atom. The molecule has 4 nitrogen and oxygen atoms in total. The van der Waals surface area contributed by atoms with Gasteiger partial charge >= 0.3 is 0 Å². The highest BCUT2D eigenvalue weighted by atomic mass is 16.3. The number of fused-ring (bicyclic) bond motifs is 1. The van der Waals surface area contributed by atoms with Gasteiger partial charge in [-0.2, -0.15) is 0 Å². The molecular formula is C24H37NO3. The lowest BCUT2D eigenvalue weighted by Crippen LogP contribution is -2.21. The molecule has 0 aromatic heterocycles. The van der Waals surface area contributed by atoms with Crippen molar-refractivity contribution in [2.45, 2.75) is 77.9 Å². The Kier molecular flexibility index (Phi) is 9.28. The van der Waals surface area contributed by atoms with Crippen molar-refractivity contribution in [1.82, 2.24) is 5.32 Å². The fraction of sp³-hybridized carbons (Fsp3) is 0.708. The van der Waals surface area contributed by atoms with Crippen LogP contribution in [0.5, 0.6) is 0 Å². The summed E-state index contributed by atoms with van der Waals surface area (Å²) in [4.78, 5) is 11.5. The van der Waals surface area contributed by atoms with Crippen molar-refractivity contribution in [1.29, 1.82) is 0 Å². The van der Waals surface area contributed by atoms with E-state index in [9.17, 15) is 15.0 Å². The lowest BCUT2D eigenvalue weighted by atomic mass is 9.89. The molecule has 2 rings (SSSR count). The van der Waals surface area contributed by atoms with Gasteiger partial charge < -0.3 is 15.5 Å². The number of carbonyl (C=O) groups is 1. The minimum atomic E-state index is -0.516. The Hall–Kier alpha value is -1.57. The number of allylic oxidation sites excluding steroid dienone is 2. The van der Waals surface area contributed by atoms with Crippen molar-refractivity contribution in [2.24, 2.45) is 23.7 Å². The van der Waals surface area contributed by atoms with Crippen molar-refractivity contribution in [3.63, 3.8) is 0 Å². The van der Waals surface area contributed by atoms with Gasteiger partial charge in [0.25, 0.3) is 0 Å². The molecule has 6 atom stereocenters. The molecule has 2 saturated carbocycles. The summed E-state index contributed by atoms with van der Waals surface area (Å²) in [6, 6.07) is 0. The Balaban J connectivity index is 1.85. The Morgan fingerprint density at radius 2 is 2.18 bits per heavy atom. The minimum Gasteiger partial charge on any atom is -0.392 e. The molecule has 2 aliphatic carbocycles. The Bertz CT molecular complexity index is 627. The number of aliphatic hydroxyl groups excluding tert-OH is 2. The van der Waals surface area contributed by atoms with Crippen molar-refractivity contribution < 1.29 is 15.0 Å². The van der Waals surface area contributed by atoms with Gasteiger partial charge in [0.2, 0.25) is 5.91 Å². The molecule has 156 valence electrons. The number of hydrogen-bond donors (Lipinski definition) is 3. The predicted molar refractivity (Wildman–Crippen MR) is 113 cm³/mol. The third kappa shape index (κ3) is 6.50. The standard InChI is InChI=1S/C24H37NO3/c1-4-6-9-17(3)22(26)13-12-20-21-15-18(14-19(21)16-23(20)27)10-7-8-11-24(28)25-5-2/h10,12-13,17,19-23,26-27H,5,7-9,11,14-16H2,1-3H3,(H,25,28)/t17-,19-,20+,21-,22+,23+/m0/s1. The summed E-state index contributed by atoms with van der Waals surface area (Å²) in [5, 5.41) is 23.6. The Morgan fingerprint density at radius 1 is 1.39 bits per heavy atom. The summed E-state index contributed by atoms with van der Waals surface area (Å²) in [5.41, 5.74) is 1.48. The average molecular weight is 388 g/mol. The first-order valence-electron chi connectivity index (χ1n) is 10.8. The van der Waals surface area contributed by atoms with Gasteiger partial charge in [0.1, 0.15) is 0 Å². The van der Waals surface area contributed by atoms with Crippen molar-refractivity contribution in [3.05, 3.63) is 23.8 Å². The molecule has 0 heterocycles. The number of aliphatic hydroxyl groups is 2. The summed E-state index contributed by atoms with van der Waals surface area (Å²) >= 11 is 0. The summed E-state index contributed by atoms with van der Waals surface area (Å²) in [6.45, 7) is 6.45. The second kappa shape index (κ2) is 11.4. The number of carbonyl (C=O) groups excluding carboxylic acids is 1. The maximum absolute atomic E-state index is 11.5. The molecule has 2 aliphatic rings. The third-order valence-electron chi connectivity index (χ3n) is 6.24. The number of amides is 1. The third-order valence-corrected chi connectivity index (χ3v) is 6.24. The van der Waals surface area contributed by atoms with Crippen molar-refractivity contribution in [3.8, 4) is 11.8 Å². The van der Waals surface area contributed by atoms with Crippen LogP contribution in [-0.2, 0) is 4.79 Å². The second-order valence-corrected chi connectivity index (χ2v) is 8.40. The first-order chi connectivity index (χ1) is 13.5. The van der Waals surface area contributed by atoms with E-state index in [2.05, 4.69) is 23.2 Å². The minimum absolute atomic E-state index is 0.0991. The van der Waals surface area contributed by atoms with Gasteiger partial charge in [-0.15, -0.1) is 11.8 Å². The maximum Gasteiger partial charge on any atom is 0.219 e. The number of nitrogens with one attached hydrogen (secondary N) is 1. The largest absolute Gasteiger partial charge is 0.392 e. The van der Waals surface area contributed by atoms with Crippen LogP contribution in [0, 0.1) is 35.5 Å². The predicted octanol–water partition coefficient (Wildman–Crippen LogP) is 3.59. The summed E-state index contributed by atoms with van der Waals surface area (Å²) in [6.07, 6.45) is 11.5. The molecule has 0 unspecified atom stereocenters. The maximum atomic E-state index is 11.5. The normalized spacial score (nSPS) is 30.1. The van der Waals surface area contributed by atoms with Crippen LogP contribution in [0.25, 0.3) is 0 Å². The van der Waals surface area contributed by atoms with Crippen LogP contribution in [-0.4, -0.2) is 34.9 Å². The molecule has 0 spiro atoms. The van der Waals surface area contributed by atoms with Crippen LogP contribution in [0.15, 0.2) is 23.8 Å². The van der Waals surface area contributed by atoms with Crippen LogP contribution in [0.3, 0.4) is 0 Å². The molecule has 0 bridgehead atoms. The van der Waals surface area contributed by atoms with Crippen LogP contribution >= 0.6 is 0 Å². The first kappa shape index (κ1) is 22.7. The van der Waals surface area contributed by atoms with E-state index in [4.69, 9.17) is 0 Å². The summed E-state index contributed by atoms with van der Waals surface area (Å²) < 4.78 is 0. The lowest BCUT2D eigenvalue weighted by molar-refractivity contribution is -0.121. The fourth-order valence-electron chi connectivity index (χ4n) is 4.61. The smallest absolute Gasteiger partial charge is 0.219 e. The quantitative estimate of drug-likeness (QED) is 0.322. The zero-order valence-electron chi connectivity index (χ0n) is 17.7. The zero-order chi connectivity index (χ0) is 20.5. The summed E-state index contributed by atoms with van der Waals surface area (Å²) in [7, 11) is 0. The van der Waals surface area contributed by atoms with Crippen LogP contribution in [0.4, 0.5) is 0 Å². The number of rotatable bonds is 9. The van der Waals surface area contributed by atoms with Gasteiger partial charge in [0, 0.05) is 25.3 Å². The highest BCUT2D eigenvalue weighted by Gasteiger charge is 2.44. The molecule has 0 radical (unpaired) electrons. The molecule has 2 fully saturated rings. The van der Waals surface area contributed by atoms with Gasteiger partial charge in [0.05, 0.1) is 12.2 Å². The van der Waals surface area contributed by atoms with Gasteiger partial charge in [-0.05, 0) is 63.7 Å². The van der Waals surface area contributed by atoms with E-state index in [-0.39, 0.29) is 23.8 Å². The number of hydrogen-bond acceptors (Lipinski definition) is 3. The van der Waals surface area contributed by atoms with E-state index in [1.54, 1.807) is 0 Å². The molecule has 4 heteroatoms. The second-order valence-electron chi connectivity index (χ2n) is 8.40. The van der Waals surface area contributed by atoms with E-state index in [0.29, 0.717) is 31.2 Å². The van der Waals surface area contributed by atoms with Crippen LogP contribution < -0.4 is 5.32 Å². The molecule has 0 aromatic carbocycles. The zero-order valence-corrected chi connectivity index (χ0v) is 17.7. The SMILES string of the molecule is CC#CC[C@H](C)[C@H](O)C=C[C@@H]1[C@H]2CC(=CCCCC(=O)NCC)C[C@H]2C[C@H]1O.